The topological polar surface area (TPSA) is 6.48 Å². The van der Waals surface area contributed by atoms with Crippen LogP contribution in [0.2, 0.25) is 0 Å². The first kappa shape index (κ1) is 34.1. The Labute approximate surface area is 322 Å². The van der Waals surface area contributed by atoms with Crippen molar-refractivity contribution in [1.29, 1.82) is 0 Å². The van der Waals surface area contributed by atoms with Gasteiger partial charge >= 0.3 is 0 Å². The standard InChI is InChI=1S/C50H36F4N2/c51-43-27-31-15-7-9-21-35(31)49(47(43)53)55(33-17-3-1-4-18-33)45-29-41-38-24-12-14-26-40(38)46(30-42(41)37-23-11-13-25-39(37)45)56(34-19-5-2-6-20-34)50-36-22-10-8-16-32(36)28-44(52)48(50)54/h1-9,11-17,19-21,23-29,33,42H,10,18,22,30H2. The van der Waals surface area contributed by atoms with Crippen LogP contribution in [0.5, 0.6) is 0 Å². The third-order valence-corrected chi connectivity index (χ3v) is 11.6. The van der Waals surface area contributed by atoms with Gasteiger partial charge in [0.05, 0.1) is 17.4 Å². The Morgan fingerprint density at radius 1 is 0.661 bits per heavy atom. The summed E-state index contributed by atoms with van der Waals surface area (Å²) >= 11 is 0. The minimum atomic E-state index is -0.903. The number of para-hydroxylation sites is 1. The van der Waals surface area contributed by atoms with Gasteiger partial charge in [-0.3, -0.25) is 0 Å². The molecule has 0 spiro atoms. The van der Waals surface area contributed by atoms with Gasteiger partial charge in [-0.15, -0.1) is 0 Å². The molecule has 6 heteroatoms. The van der Waals surface area contributed by atoms with Gasteiger partial charge in [-0.05, 0) is 88.9 Å². The summed E-state index contributed by atoms with van der Waals surface area (Å²) in [6.07, 6.45) is 16.5. The van der Waals surface area contributed by atoms with Crippen LogP contribution in [0.1, 0.15) is 47.4 Å². The van der Waals surface area contributed by atoms with Crippen molar-refractivity contribution in [3.8, 4) is 0 Å². The molecule has 2 atom stereocenters. The molecule has 2 nitrogen and oxygen atoms in total. The molecule has 0 amide bonds. The molecule has 0 radical (unpaired) electrons. The maximum atomic E-state index is 16.5. The number of halogens is 4. The van der Waals surface area contributed by atoms with Gasteiger partial charge in [0.1, 0.15) is 0 Å². The van der Waals surface area contributed by atoms with Crippen molar-refractivity contribution in [2.45, 2.75) is 37.6 Å². The van der Waals surface area contributed by atoms with Gasteiger partial charge in [-0.1, -0.05) is 127 Å². The highest BCUT2D eigenvalue weighted by atomic mass is 19.2. The second-order valence-electron chi connectivity index (χ2n) is 14.8. The van der Waals surface area contributed by atoms with E-state index in [9.17, 15) is 0 Å². The Morgan fingerprint density at radius 3 is 2.23 bits per heavy atom. The van der Waals surface area contributed by atoms with Crippen molar-refractivity contribution in [3.63, 3.8) is 0 Å². The Bertz CT molecular complexity index is 2830. The number of rotatable bonds is 6. The van der Waals surface area contributed by atoms with E-state index in [2.05, 4.69) is 30.4 Å². The molecule has 0 aliphatic heterocycles. The van der Waals surface area contributed by atoms with Crippen LogP contribution in [0.25, 0.3) is 33.8 Å². The first-order chi connectivity index (χ1) is 27.5. The zero-order valence-corrected chi connectivity index (χ0v) is 30.4. The summed E-state index contributed by atoms with van der Waals surface area (Å²) in [6, 6.07) is 35.5. The van der Waals surface area contributed by atoms with Crippen LogP contribution in [0.4, 0.5) is 34.6 Å². The Hall–Kier alpha value is -6.40. The third-order valence-electron chi connectivity index (χ3n) is 11.6. The van der Waals surface area contributed by atoms with Crippen molar-refractivity contribution >= 4 is 50.9 Å². The monoisotopic (exact) mass is 740 g/mol. The zero-order valence-electron chi connectivity index (χ0n) is 30.4. The molecular weight excluding hydrogens is 705 g/mol. The highest BCUT2D eigenvalue weighted by molar-refractivity contribution is 6.02. The van der Waals surface area contributed by atoms with Gasteiger partial charge in [-0.25, -0.2) is 17.6 Å². The molecule has 0 N–H and O–H groups in total. The van der Waals surface area contributed by atoms with Crippen LogP contribution in [0.3, 0.4) is 0 Å². The van der Waals surface area contributed by atoms with E-state index < -0.39 is 23.3 Å². The molecule has 0 heterocycles. The number of anilines is 3. The molecular formula is C50H36F4N2. The lowest BCUT2D eigenvalue weighted by atomic mass is 9.75. The summed E-state index contributed by atoms with van der Waals surface area (Å²) in [5.41, 5.74) is 7.19. The molecule has 0 bridgehead atoms. The smallest absolute Gasteiger partial charge is 0.183 e. The number of nitrogens with zero attached hydrogens (tertiary/aromatic N) is 2. The van der Waals surface area contributed by atoms with E-state index in [1.165, 1.54) is 12.1 Å². The lowest BCUT2D eigenvalue weighted by Gasteiger charge is -2.41. The molecule has 0 saturated carbocycles. The average molecular weight is 741 g/mol. The van der Waals surface area contributed by atoms with E-state index in [-0.39, 0.29) is 23.3 Å². The van der Waals surface area contributed by atoms with Gasteiger partial charge < -0.3 is 9.80 Å². The van der Waals surface area contributed by atoms with E-state index in [1.54, 1.807) is 0 Å². The van der Waals surface area contributed by atoms with E-state index in [0.29, 0.717) is 35.6 Å². The number of allylic oxidation sites excluding steroid dienone is 4. The van der Waals surface area contributed by atoms with Crippen LogP contribution in [0.15, 0.2) is 152 Å². The molecule has 0 aromatic heterocycles. The van der Waals surface area contributed by atoms with Gasteiger partial charge in [0, 0.05) is 39.2 Å². The van der Waals surface area contributed by atoms with Gasteiger partial charge in [0.25, 0.3) is 0 Å². The molecule has 0 fully saturated rings. The van der Waals surface area contributed by atoms with Crippen LogP contribution in [0, 0.1) is 23.3 Å². The zero-order chi connectivity index (χ0) is 37.9. The summed E-state index contributed by atoms with van der Waals surface area (Å²) in [7, 11) is 0. The average Bonchev–Trinajstić information content (AvgIpc) is 3.24. The number of hydrogen-bond acceptors (Lipinski definition) is 2. The molecule has 56 heavy (non-hydrogen) atoms. The lowest BCUT2D eigenvalue weighted by Crippen LogP contribution is -2.41. The molecule has 2 unspecified atom stereocenters. The Balaban J connectivity index is 1.29. The molecule has 274 valence electrons. The Kier molecular flexibility index (Phi) is 8.36. The first-order valence-corrected chi connectivity index (χ1v) is 19.1. The molecule has 6 aromatic rings. The molecule has 10 rings (SSSR count). The van der Waals surface area contributed by atoms with E-state index >= 15 is 17.6 Å². The molecule has 4 aliphatic rings. The Morgan fingerprint density at radius 2 is 1.39 bits per heavy atom. The minimum Gasteiger partial charge on any atom is -0.331 e. The van der Waals surface area contributed by atoms with Crippen molar-refractivity contribution < 1.29 is 17.6 Å². The number of benzene rings is 6. The normalized spacial score (nSPS) is 17.9. The fourth-order valence-electron chi connectivity index (χ4n) is 9.19. The van der Waals surface area contributed by atoms with Crippen molar-refractivity contribution in [2.24, 2.45) is 0 Å². The van der Waals surface area contributed by atoms with Crippen molar-refractivity contribution in [3.05, 3.63) is 208 Å². The van der Waals surface area contributed by atoms with Crippen molar-refractivity contribution in [1.82, 2.24) is 0 Å². The van der Waals surface area contributed by atoms with E-state index in [0.717, 1.165) is 56.2 Å². The van der Waals surface area contributed by atoms with Crippen molar-refractivity contribution in [2.75, 3.05) is 9.80 Å². The van der Waals surface area contributed by atoms with Crippen LogP contribution in [-0.2, 0) is 6.42 Å². The number of hydrogen-bond donors (Lipinski definition) is 0. The predicted molar refractivity (Wildman–Crippen MR) is 220 cm³/mol. The maximum absolute atomic E-state index is 16.5. The van der Waals surface area contributed by atoms with E-state index in [4.69, 9.17) is 0 Å². The quantitative estimate of drug-likeness (QED) is 0.157. The van der Waals surface area contributed by atoms with Gasteiger partial charge in [0.15, 0.2) is 23.3 Å². The summed E-state index contributed by atoms with van der Waals surface area (Å²) in [5.74, 6) is -3.74. The fourth-order valence-corrected chi connectivity index (χ4v) is 9.19. The summed E-state index contributed by atoms with van der Waals surface area (Å²) in [5, 5.41) is 3.08. The van der Waals surface area contributed by atoms with Gasteiger partial charge in [0.2, 0.25) is 0 Å². The predicted octanol–water partition coefficient (Wildman–Crippen LogP) is 11.4. The first-order valence-electron chi connectivity index (χ1n) is 19.1. The highest BCUT2D eigenvalue weighted by Gasteiger charge is 2.37. The number of fused-ring (bicyclic) bond motifs is 6. The lowest BCUT2D eigenvalue weighted by molar-refractivity contribution is 0.508. The molecule has 4 aliphatic carbocycles. The molecule has 6 aromatic carbocycles. The minimum absolute atomic E-state index is 0.184. The largest absolute Gasteiger partial charge is 0.331 e. The SMILES string of the molecule is Fc1cc2c(c(N(C3=c4ccccc4=C4C=C(N(c5c(F)c(F)cc6ccccc56)C5C=CC=CC5)c5ccccc5C4C3)c3ccccc3)c1F)CCC=C2. The second kappa shape index (κ2) is 13.7. The van der Waals surface area contributed by atoms with E-state index in [1.807, 2.05) is 125 Å². The second-order valence-corrected chi connectivity index (χ2v) is 14.8. The summed E-state index contributed by atoms with van der Waals surface area (Å²) < 4.78 is 64.3. The van der Waals surface area contributed by atoms with Gasteiger partial charge in [-0.2, -0.15) is 0 Å². The maximum Gasteiger partial charge on any atom is 0.183 e. The highest BCUT2D eigenvalue weighted by Crippen LogP contribution is 2.50. The van der Waals surface area contributed by atoms with Crippen LogP contribution in [-0.4, -0.2) is 6.04 Å². The summed E-state index contributed by atoms with van der Waals surface area (Å²) in [6.45, 7) is 0. The third kappa shape index (κ3) is 5.46. The molecule has 0 saturated heterocycles. The van der Waals surface area contributed by atoms with Crippen LogP contribution < -0.4 is 20.2 Å². The summed E-state index contributed by atoms with van der Waals surface area (Å²) in [4.78, 5) is 3.91. The van der Waals surface area contributed by atoms with Crippen LogP contribution >= 0.6 is 0 Å². The fraction of sp³-hybridized carbons (Fsp3) is 0.120.